The fourth-order valence-electron chi connectivity index (χ4n) is 4.91. The number of rotatable bonds is 7. The van der Waals surface area contributed by atoms with Crippen molar-refractivity contribution < 1.29 is 22.7 Å². The van der Waals surface area contributed by atoms with Crippen molar-refractivity contribution in [2.24, 2.45) is 0 Å². The molecule has 2 aromatic carbocycles. The Morgan fingerprint density at radius 3 is 2.24 bits per heavy atom. The van der Waals surface area contributed by atoms with Crippen LogP contribution in [0.2, 0.25) is 0 Å². The summed E-state index contributed by atoms with van der Waals surface area (Å²) >= 11 is 0. The average Bonchev–Trinajstić information content (AvgIpc) is 2.88. The standard InChI is InChI=1S/C27H33NO5S/c1-20-10-15-24(34(31,32)28-16-6-3-7-17-28)18-25(20)27(30)33-19-26(29)23-13-11-22(12-14-23)21-8-4-2-5-9-21/h10-15,18,21H,2-9,16-17,19H2,1H3. The van der Waals surface area contributed by atoms with Crippen molar-refractivity contribution in [1.29, 1.82) is 0 Å². The topological polar surface area (TPSA) is 80.8 Å². The van der Waals surface area contributed by atoms with Crippen LogP contribution in [0.5, 0.6) is 0 Å². The molecule has 1 aliphatic carbocycles. The number of Topliss-reactive ketones (excluding diaryl/α,β-unsaturated/α-hetero) is 1. The molecule has 182 valence electrons. The quantitative estimate of drug-likeness (QED) is 0.397. The largest absolute Gasteiger partial charge is 0.454 e. The SMILES string of the molecule is Cc1ccc(S(=O)(=O)N2CCCCC2)cc1C(=O)OCC(=O)c1ccc(C2CCCCC2)cc1. The van der Waals surface area contributed by atoms with Crippen LogP contribution in [0.25, 0.3) is 0 Å². The Morgan fingerprint density at radius 2 is 1.56 bits per heavy atom. The highest BCUT2D eigenvalue weighted by molar-refractivity contribution is 7.89. The highest BCUT2D eigenvalue weighted by Gasteiger charge is 2.27. The first kappa shape index (κ1) is 24.6. The Kier molecular flexibility index (Phi) is 7.84. The normalized spacial score (nSPS) is 17.9. The van der Waals surface area contributed by atoms with Gasteiger partial charge in [0.15, 0.2) is 12.4 Å². The monoisotopic (exact) mass is 483 g/mol. The zero-order chi connectivity index (χ0) is 24.1. The number of nitrogens with zero attached hydrogens (tertiary/aromatic N) is 1. The number of ketones is 1. The van der Waals surface area contributed by atoms with Crippen molar-refractivity contribution in [2.45, 2.75) is 69.1 Å². The molecule has 2 fully saturated rings. The van der Waals surface area contributed by atoms with Gasteiger partial charge < -0.3 is 4.74 Å². The van der Waals surface area contributed by atoms with Crippen molar-refractivity contribution in [3.05, 3.63) is 64.7 Å². The van der Waals surface area contributed by atoms with Crippen LogP contribution in [0.4, 0.5) is 0 Å². The lowest BCUT2D eigenvalue weighted by molar-refractivity contribution is 0.0473. The molecular formula is C27H33NO5S. The van der Waals surface area contributed by atoms with Gasteiger partial charge in [0, 0.05) is 18.7 Å². The minimum absolute atomic E-state index is 0.0802. The molecule has 1 saturated carbocycles. The van der Waals surface area contributed by atoms with Crippen LogP contribution >= 0.6 is 0 Å². The molecule has 1 aliphatic heterocycles. The second-order valence-electron chi connectivity index (χ2n) is 9.40. The van der Waals surface area contributed by atoms with Gasteiger partial charge >= 0.3 is 5.97 Å². The first-order valence-corrected chi connectivity index (χ1v) is 13.7. The van der Waals surface area contributed by atoms with Crippen molar-refractivity contribution in [1.82, 2.24) is 4.31 Å². The summed E-state index contributed by atoms with van der Waals surface area (Å²) in [4.78, 5) is 25.4. The molecule has 4 rings (SSSR count). The van der Waals surface area contributed by atoms with Crippen LogP contribution in [-0.2, 0) is 14.8 Å². The van der Waals surface area contributed by atoms with E-state index in [1.54, 1.807) is 25.1 Å². The summed E-state index contributed by atoms with van der Waals surface area (Å²) in [5.74, 6) is -0.411. The highest BCUT2D eigenvalue weighted by atomic mass is 32.2. The molecule has 2 aliphatic rings. The maximum atomic E-state index is 13.0. The van der Waals surface area contributed by atoms with Gasteiger partial charge in [0.2, 0.25) is 10.0 Å². The number of carbonyl (C=O) groups is 2. The first-order valence-electron chi connectivity index (χ1n) is 12.3. The van der Waals surface area contributed by atoms with Crippen LogP contribution in [-0.4, -0.2) is 44.2 Å². The molecule has 0 aromatic heterocycles. The Hall–Kier alpha value is -2.51. The maximum Gasteiger partial charge on any atom is 0.338 e. The second-order valence-corrected chi connectivity index (χ2v) is 11.3. The lowest BCUT2D eigenvalue weighted by atomic mass is 9.84. The molecule has 1 heterocycles. The van der Waals surface area contributed by atoms with Gasteiger partial charge in [-0.3, -0.25) is 4.79 Å². The number of sulfonamides is 1. The number of esters is 1. The zero-order valence-corrected chi connectivity index (χ0v) is 20.6. The molecule has 1 saturated heterocycles. The van der Waals surface area contributed by atoms with E-state index < -0.39 is 16.0 Å². The lowest BCUT2D eigenvalue weighted by Gasteiger charge is -2.26. The third-order valence-electron chi connectivity index (χ3n) is 7.03. The average molecular weight is 484 g/mol. The van der Waals surface area contributed by atoms with E-state index in [1.165, 1.54) is 54.1 Å². The number of hydrogen-bond donors (Lipinski definition) is 0. The van der Waals surface area contributed by atoms with E-state index in [0.29, 0.717) is 30.1 Å². The molecular weight excluding hydrogens is 450 g/mol. The molecule has 7 heteroatoms. The van der Waals surface area contributed by atoms with Crippen LogP contribution in [0, 0.1) is 6.92 Å². The zero-order valence-electron chi connectivity index (χ0n) is 19.8. The van der Waals surface area contributed by atoms with Crippen molar-refractivity contribution >= 4 is 21.8 Å². The van der Waals surface area contributed by atoms with E-state index in [0.717, 1.165) is 19.3 Å². The number of aryl methyl sites for hydroxylation is 1. The molecule has 0 radical (unpaired) electrons. The Bertz CT molecular complexity index is 1130. The van der Waals surface area contributed by atoms with E-state index in [2.05, 4.69) is 0 Å². The number of carbonyl (C=O) groups excluding carboxylic acids is 2. The summed E-state index contributed by atoms with van der Waals surface area (Å²) in [7, 11) is -3.66. The molecule has 0 spiro atoms. The van der Waals surface area contributed by atoms with Crippen LogP contribution in [0.15, 0.2) is 47.4 Å². The summed E-state index contributed by atoms with van der Waals surface area (Å²) < 4.78 is 32.7. The van der Waals surface area contributed by atoms with Gasteiger partial charge in [0.25, 0.3) is 0 Å². The van der Waals surface area contributed by atoms with E-state index >= 15 is 0 Å². The summed E-state index contributed by atoms with van der Waals surface area (Å²) in [6.07, 6.45) is 8.88. The van der Waals surface area contributed by atoms with Gasteiger partial charge in [-0.2, -0.15) is 4.31 Å². The molecule has 6 nitrogen and oxygen atoms in total. The smallest absolute Gasteiger partial charge is 0.338 e. The number of ether oxygens (including phenoxy) is 1. The van der Waals surface area contributed by atoms with Gasteiger partial charge in [-0.25, -0.2) is 13.2 Å². The van der Waals surface area contributed by atoms with Gasteiger partial charge in [-0.05, 0) is 61.8 Å². The Morgan fingerprint density at radius 1 is 0.912 bits per heavy atom. The first-order chi connectivity index (χ1) is 16.4. The molecule has 0 amide bonds. The van der Waals surface area contributed by atoms with Gasteiger partial charge in [-0.1, -0.05) is 56.0 Å². The second kappa shape index (κ2) is 10.8. The molecule has 2 aromatic rings. The van der Waals surface area contributed by atoms with Gasteiger partial charge in [0.05, 0.1) is 10.5 Å². The number of hydrogen-bond acceptors (Lipinski definition) is 5. The Labute approximate surface area is 202 Å². The minimum atomic E-state index is -3.66. The van der Waals surface area contributed by atoms with Crippen molar-refractivity contribution in [2.75, 3.05) is 19.7 Å². The molecule has 34 heavy (non-hydrogen) atoms. The van der Waals surface area contributed by atoms with E-state index in [-0.39, 0.29) is 22.8 Å². The summed E-state index contributed by atoms with van der Waals surface area (Å²) in [6, 6.07) is 12.1. The molecule has 0 unspecified atom stereocenters. The Balaban J connectivity index is 1.40. The minimum Gasteiger partial charge on any atom is -0.454 e. The summed E-state index contributed by atoms with van der Waals surface area (Å²) in [5, 5.41) is 0. The fraction of sp³-hybridized carbons (Fsp3) is 0.481. The summed E-state index contributed by atoms with van der Waals surface area (Å²) in [6.45, 7) is 2.32. The van der Waals surface area contributed by atoms with E-state index in [1.807, 2.05) is 12.1 Å². The van der Waals surface area contributed by atoms with Crippen molar-refractivity contribution in [3.63, 3.8) is 0 Å². The number of benzene rings is 2. The number of piperidine rings is 1. The van der Waals surface area contributed by atoms with Gasteiger partial charge in [0.1, 0.15) is 0 Å². The summed E-state index contributed by atoms with van der Waals surface area (Å²) in [5.41, 5.74) is 2.53. The third kappa shape index (κ3) is 5.58. The fourth-order valence-corrected chi connectivity index (χ4v) is 6.45. The molecule has 0 bridgehead atoms. The predicted molar refractivity (Wildman–Crippen MR) is 131 cm³/mol. The van der Waals surface area contributed by atoms with Crippen LogP contribution < -0.4 is 0 Å². The predicted octanol–water partition coefficient (Wildman–Crippen LogP) is 5.26. The highest BCUT2D eigenvalue weighted by Crippen LogP contribution is 2.32. The molecule has 0 atom stereocenters. The van der Waals surface area contributed by atoms with Gasteiger partial charge in [-0.15, -0.1) is 0 Å². The van der Waals surface area contributed by atoms with Crippen LogP contribution in [0.3, 0.4) is 0 Å². The van der Waals surface area contributed by atoms with Crippen molar-refractivity contribution in [3.8, 4) is 0 Å². The van der Waals surface area contributed by atoms with Crippen LogP contribution in [0.1, 0.15) is 89.1 Å². The molecule has 0 N–H and O–H groups in total. The maximum absolute atomic E-state index is 13.0. The van der Waals surface area contributed by atoms with E-state index in [4.69, 9.17) is 4.74 Å². The third-order valence-corrected chi connectivity index (χ3v) is 8.92. The lowest BCUT2D eigenvalue weighted by Crippen LogP contribution is -2.35. The van der Waals surface area contributed by atoms with E-state index in [9.17, 15) is 18.0 Å².